The maximum Gasteiger partial charge on any atom is 0.274 e. The summed E-state index contributed by atoms with van der Waals surface area (Å²) in [6.07, 6.45) is 11.7. The van der Waals surface area contributed by atoms with Crippen LogP contribution in [0.25, 0.3) is 6.08 Å². The number of hydrogen-bond donors (Lipinski definition) is 2. The number of thioether (sulfide) groups is 1. The Kier molecular flexibility index (Phi) is 17.9. The first kappa shape index (κ1) is 48.8. The van der Waals surface area contributed by atoms with Gasteiger partial charge in [0.1, 0.15) is 12.6 Å². The van der Waals surface area contributed by atoms with Crippen molar-refractivity contribution in [1.29, 1.82) is 0 Å². The lowest BCUT2D eigenvalue weighted by atomic mass is 9.91. The Morgan fingerprint density at radius 2 is 1.58 bits per heavy atom. The number of ether oxygens (including phenoxy) is 3. The molecule has 3 saturated heterocycles. The molecule has 0 saturated carbocycles. The van der Waals surface area contributed by atoms with Gasteiger partial charge in [0.05, 0.1) is 44.2 Å². The molecule has 0 aliphatic carbocycles. The summed E-state index contributed by atoms with van der Waals surface area (Å²) < 4.78 is 16.8. The molecule has 4 aliphatic rings. The second-order valence-corrected chi connectivity index (χ2v) is 17.7. The summed E-state index contributed by atoms with van der Waals surface area (Å²) in [5.74, 6) is -0.760. The number of rotatable bonds is 22. The molecule has 356 valence electrons. The number of pyridine rings is 1. The number of benzene rings is 1. The van der Waals surface area contributed by atoms with E-state index in [2.05, 4.69) is 25.8 Å². The lowest BCUT2D eigenvalue weighted by Gasteiger charge is -2.35. The van der Waals surface area contributed by atoms with Crippen LogP contribution in [0.2, 0.25) is 0 Å². The monoisotopic (exact) mass is 939 g/mol. The maximum absolute atomic E-state index is 13.3. The Morgan fingerprint density at radius 3 is 2.31 bits per heavy atom. The molecule has 1 atom stereocenters. The van der Waals surface area contributed by atoms with E-state index in [0.717, 1.165) is 42.6 Å². The fourth-order valence-corrected chi connectivity index (χ4v) is 9.30. The molecule has 0 spiro atoms. The number of imide groups is 2. The fraction of sp³-hybridized carbons (Fsp3) is 0.489. The Morgan fingerprint density at radius 1 is 0.806 bits per heavy atom. The molecule has 0 bridgehead atoms. The van der Waals surface area contributed by atoms with E-state index in [1.165, 1.54) is 17.8 Å². The number of hydrogen-bond acceptors (Lipinski definition) is 15. The highest BCUT2D eigenvalue weighted by Crippen LogP contribution is 2.34. The van der Waals surface area contributed by atoms with Gasteiger partial charge in [0.2, 0.25) is 23.6 Å². The number of nitrogens with zero attached hydrogens (tertiary/aromatic N) is 7. The van der Waals surface area contributed by atoms with Crippen LogP contribution in [-0.4, -0.2) is 168 Å². The smallest absolute Gasteiger partial charge is 0.274 e. The zero-order valence-corrected chi connectivity index (χ0v) is 38.3. The van der Waals surface area contributed by atoms with E-state index < -0.39 is 29.7 Å². The molecular weight excluding hydrogens is 883 g/mol. The van der Waals surface area contributed by atoms with Crippen molar-refractivity contribution < 1.29 is 47.8 Å². The third-order valence-electron chi connectivity index (χ3n) is 12.1. The van der Waals surface area contributed by atoms with Crippen molar-refractivity contribution in [3.63, 3.8) is 0 Å². The number of nitrogens with one attached hydrogen (secondary N) is 2. The molecule has 6 heterocycles. The molecule has 67 heavy (non-hydrogen) atoms. The van der Waals surface area contributed by atoms with Crippen LogP contribution in [0.5, 0.6) is 0 Å². The van der Waals surface area contributed by atoms with Gasteiger partial charge in [-0.1, -0.05) is 25.0 Å². The van der Waals surface area contributed by atoms with Crippen LogP contribution < -0.4 is 15.5 Å². The first-order chi connectivity index (χ1) is 32.7. The lowest BCUT2D eigenvalue weighted by Crippen LogP contribution is -2.54. The molecule has 0 radical (unpaired) electrons. The molecule has 20 heteroatoms. The van der Waals surface area contributed by atoms with Crippen LogP contribution >= 0.6 is 11.8 Å². The number of unbranched alkanes of at least 4 members (excludes halogenated alkanes) is 1. The van der Waals surface area contributed by atoms with E-state index in [1.54, 1.807) is 47.6 Å². The predicted octanol–water partition coefficient (Wildman–Crippen LogP) is 2.62. The number of likely N-dealkylation sites (tertiary alicyclic amines) is 1. The minimum atomic E-state index is -1.01. The average molecular weight is 940 g/mol. The van der Waals surface area contributed by atoms with E-state index >= 15 is 0 Å². The quantitative estimate of drug-likeness (QED) is 0.0640. The van der Waals surface area contributed by atoms with Gasteiger partial charge in [-0.15, -0.1) is 22.0 Å². The number of carbonyl (C=O) groups excluding carboxylic acids is 7. The minimum absolute atomic E-state index is 0.0560. The molecule has 7 amide bonds. The summed E-state index contributed by atoms with van der Waals surface area (Å²) in [6.45, 7) is 5.67. The number of aromatic nitrogens is 3. The molecular formula is C47H57N9O10S. The van der Waals surface area contributed by atoms with Gasteiger partial charge in [-0.25, -0.2) is 0 Å². The van der Waals surface area contributed by atoms with Crippen molar-refractivity contribution in [2.45, 2.75) is 55.9 Å². The largest absolute Gasteiger partial charge is 0.378 e. The highest BCUT2D eigenvalue weighted by molar-refractivity contribution is 7.99. The van der Waals surface area contributed by atoms with Crippen molar-refractivity contribution in [3.05, 3.63) is 83.3 Å². The number of piperazine rings is 1. The minimum Gasteiger partial charge on any atom is -0.378 e. The van der Waals surface area contributed by atoms with Crippen LogP contribution in [0.4, 0.5) is 5.82 Å². The summed E-state index contributed by atoms with van der Waals surface area (Å²) in [4.78, 5) is 99.6. The normalized spacial score (nSPS) is 17.9. The van der Waals surface area contributed by atoms with Gasteiger partial charge in [-0.3, -0.25) is 48.8 Å². The second-order valence-electron chi connectivity index (χ2n) is 16.5. The molecule has 1 aromatic carbocycles. The molecule has 3 fully saturated rings. The van der Waals surface area contributed by atoms with E-state index in [0.29, 0.717) is 100 Å². The molecule has 2 aromatic heterocycles. The van der Waals surface area contributed by atoms with Gasteiger partial charge in [0.15, 0.2) is 11.5 Å². The number of amides is 7. The van der Waals surface area contributed by atoms with Crippen molar-refractivity contribution >= 4 is 65.0 Å². The average Bonchev–Trinajstić information content (AvgIpc) is 3.61. The maximum atomic E-state index is 13.3. The van der Waals surface area contributed by atoms with Gasteiger partial charge in [-0.2, -0.15) is 0 Å². The van der Waals surface area contributed by atoms with Gasteiger partial charge in [0, 0.05) is 81.4 Å². The molecule has 2 N–H and O–H groups in total. The molecule has 3 aromatic rings. The van der Waals surface area contributed by atoms with Crippen molar-refractivity contribution in [1.82, 2.24) is 40.5 Å². The zero-order chi connectivity index (χ0) is 47.0. The zero-order valence-electron chi connectivity index (χ0n) is 37.5. The van der Waals surface area contributed by atoms with Crippen LogP contribution in [-0.2, 0) is 33.4 Å². The Hall–Kier alpha value is -6.09. The van der Waals surface area contributed by atoms with E-state index in [4.69, 9.17) is 14.2 Å². The first-order valence-corrected chi connectivity index (χ1v) is 23.9. The predicted molar refractivity (Wildman–Crippen MR) is 246 cm³/mol. The van der Waals surface area contributed by atoms with Gasteiger partial charge < -0.3 is 34.2 Å². The fourth-order valence-electron chi connectivity index (χ4n) is 8.36. The van der Waals surface area contributed by atoms with Gasteiger partial charge in [0.25, 0.3) is 17.7 Å². The number of piperidine rings is 2. The van der Waals surface area contributed by atoms with Crippen LogP contribution in [0.15, 0.2) is 65.8 Å². The first-order valence-electron chi connectivity index (χ1n) is 22.9. The summed E-state index contributed by atoms with van der Waals surface area (Å²) in [7, 11) is 0. The standard InChI is InChI=1S/C47H57N9O10S/c57-40(13-9-34-6-4-17-48-31-34)49-18-2-1-5-33-15-19-55(20-16-33)46(62)36-10-12-39(52-51-36)53-21-23-54(24-22-53)42(59)32-66-28-27-64-25-26-65-29-30-67-38-8-3-7-35-43(38)47(63)56(45(35)61)37-11-14-41(58)50-44(37)60/h3-4,6-10,12-13,17,31,33,37H,1-2,5,11,14-16,18-30,32H2,(H,49,57)(H,50,58,60)/b13-9+. The summed E-state index contributed by atoms with van der Waals surface area (Å²) in [5.41, 5.74) is 1.70. The van der Waals surface area contributed by atoms with E-state index in [-0.39, 0.29) is 54.9 Å². The van der Waals surface area contributed by atoms with E-state index in [9.17, 15) is 33.6 Å². The summed E-state index contributed by atoms with van der Waals surface area (Å²) >= 11 is 1.37. The molecule has 4 aliphatic heterocycles. The number of anilines is 1. The molecule has 19 nitrogen and oxygen atoms in total. The van der Waals surface area contributed by atoms with Crippen LogP contribution in [0.1, 0.15) is 81.7 Å². The summed E-state index contributed by atoms with van der Waals surface area (Å²) in [6, 6.07) is 11.3. The van der Waals surface area contributed by atoms with Crippen LogP contribution in [0.3, 0.4) is 0 Å². The van der Waals surface area contributed by atoms with Gasteiger partial charge in [-0.05, 0) is 73.6 Å². The van der Waals surface area contributed by atoms with Crippen molar-refractivity contribution in [2.24, 2.45) is 5.92 Å². The number of fused-ring (bicyclic) bond motifs is 1. The van der Waals surface area contributed by atoms with Crippen molar-refractivity contribution in [3.8, 4) is 0 Å². The van der Waals surface area contributed by atoms with Gasteiger partial charge >= 0.3 is 0 Å². The Balaban J connectivity index is 0.690. The molecule has 1 unspecified atom stereocenters. The second kappa shape index (κ2) is 24.6. The Labute approximate surface area is 393 Å². The SMILES string of the molecule is O=C(/C=C/c1cccnc1)NCCCCC1CCN(C(=O)c2ccc(N3CCN(C(=O)COCCOCCOCCSc4cccc5c4C(=O)N(C4CCC(=O)NC4=O)C5=O)CC3)nn2)CC1. The lowest BCUT2D eigenvalue weighted by molar-refractivity contribution is -0.137. The van der Waals surface area contributed by atoms with Crippen molar-refractivity contribution in [2.75, 3.05) is 96.1 Å². The number of carbonyl (C=O) groups is 7. The third-order valence-corrected chi connectivity index (χ3v) is 13.1. The molecule has 7 rings (SSSR count). The van der Waals surface area contributed by atoms with E-state index in [1.807, 2.05) is 28.0 Å². The summed E-state index contributed by atoms with van der Waals surface area (Å²) in [5, 5.41) is 13.8. The van der Waals surface area contributed by atoms with Crippen LogP contribution in [0, 0.1) is 5.92 Å². The highest BCUT2D eigenvalue weighted by Gasteiger charge is 2.45. The Bertz CT molecular complexity index is 2250. The topological polar surface area (TPSA) is 223 Å². The third kappa shape index (κ3) is 13.5. The highest BCUT2D eigenvalue weighted by atomic mass is 32.2.